The fourth-order valence-corrected chi connectivity index (χ4v) is 1.78. The van der Waals surface area contributed by atoms with Crippen LogP contribution in [0.25, 0.3) is 0 Å². The van der Waals surface area contributed by atoms with Crippen molar-refractivity contribution in [1.29, 1.82) is 0 Å². The van der Waals surface area contributed by atoms with Gasteiger partial charge in [0.2, 0.25) is 5.91 Å². The lowest BCUT2D eigenvalue weighted by molar-refractivity contribution is -0.122. The molecule has 1 fully saturated rings. The molecule has 0 radical (unpaired) electrons. The zero-order chi connectivity index (χ0) is 13.0. The predicted octanol–water partition coefficient (Wildman–Crippen LogP) is 1.58. The molecule has 1 aliphatic rings. The van der Waals surface area contributed by atoms with E-state index < -0.39 is 6.04 Å². The highest BCUT2D eigenvalue weighted by Crippen LogP contribution is 2.27. The quantitative estimate of drug-likeness (QED) is 0.831. The molecule has 0 saturated heterocycles. The fourth-order valence-electron chi connectivity index (χ4n) is 1.78. The lowest BCUT2D eigenvalue weighted by Crippen LogP contribution is -2.38. The number of carbonyl (C=O) groups is 1. The Morgan fingerprint density at radius 1 is 1.50 bits per heavy atom. The summed E-state index contributed by atoms with van der Waals surface area (Å²) in [6.07, 6.45) is 3.84. The number of amides is 1. The molecular weight excluding hydrogens is 228 g/mol. The topological polar surface area (TPSA) is 64.4 Å². The molecule has 4 heteroatoms. The maximum Gasteiger partial charge on any atom is 0.236 e. The lowest BCUT2D eigenvalue weighted by atomic mass is 9.96. The molecular formula is C14H20N2O2. The van der Waals surface area contributed by atoms with Crippen LogP contribution in [0, 0.1) is 0 Å². The number of carbonyl (C=O) groups excluding carboxylic acids is 1. The van der Waals surface area contributed by atoms with Gasteiger partial charge in [0, 0.05) is 12.1 Å². The summed E-state index contributed by atoms with van der Waals surface area (Å²) in [5.74, 6) is 0.723. The maximum atomic E-state index is 11.4. The van der Waals surface area contributed by atoms with Crippen molar-refractivity contribution in [1.82, 2.24) is 5.32 Å². The van der Waals surface area contributed by atoms with Gasteiger partial charge in [0.25, 0.3) is 0 Å². The minimum Gasteiger partial charge on any atom is -0.490 e. The summed E-state index contributed by atoms with van der Waals surface area (Å²) in [4.78, 5) is 11.4. The molecule has 1 aromatic rings. The first-order chi connectivity index (χ1) is 8.66. The van der Waals surface area contributed by atoms with Gasteiger partial charge in [0.15, 0.2) is 0 Å². The Kier molecular flexibility index (Phi) is 4.20. The van der Waals surface area contributed by atoms with E-state index in [1.54, 1.807) is 6.92 Å². The number of hydrogen-bond acceptors (Lipinski definition) is 3. The molecule has 0 aliphatic heterocycles. The normalized spacial score (nSPS) is 16.8. The minimum absolute atomic E-state index is 0.145. The molecule has 3 N–H and O–H groups in total. The third kappa shape index (κ3) is 3.23. The van der Waals surface area contributed by atoms with Crippen LogP contribution in [0.2, 0.25) is 0 Å². The van der Waals surface area contributed by atoms with Gasteiger partial charge in [-0.25, -0.2) is 0 Å². The molecule has 18 heavy (non-hydrogen) atoms. The first-order valence-corrected chi connectivity index (χ1v) is 6.44. The molecule has 0 bridgehead atoms. The summed E-state index contributed by atoms with van der Waals surface area (Å²) in [6, 6.07) is 7.33. The van der Waals surface area contributed by atoms with Gasteiger partial charge in [-0.15, -0.1) is 0 Å². The Labute approximate surface area is 108 Å². The van der Waals surface area contributed by atoms with Crippen molar-refractivity contribution >= 4 is 5.91 Å². The van der Waals surface area contributed by atoms with Gasteiger partial charge in [-0.05, 0) is 32.3 Å². The minimum atomic E-state index is -0.482. The van der Waals surface area contributed by atoms with Crippen molar-refractivity contribution in [2.24, 2.45) is 5.73 Å². The van der Waals surface area contributed by atoms with E-state index in [0.717, 1.165) is 24.2 Å². The van der Waals surface area contributed by atoms with Crippen LogP contribution in [0.5, 0.6) is 5.75 Å². The second kappa shape index (κ2) is 5.87. The molecule has 1 aromatic carbocycles. The molecule has 0 spiro atoms. The van der Waals surface area contributed by atoms with Crippen LogP contribution in [-0.2, 0) is 11.3 Å². The molecule has 98 valence electrons. The van der Waals surface area contributed by atoms with Crippen molar-refractivity contribution in [3.8, 4) is 5.75 Å². The van der Waals surface area contributed by atoms with Crippen molar-refractivity contribution in [3.63, 3.8) is 0 Å². The number of benzene rings is 1. The summed E-state index contributed by atoms with van der Waals surface area (Å²) in [7, 11) is 0. The standard InChI is InChI=1S/C14H20N2O2/c1-10(15)14(17)16-9-11-5-2-3-8-13(11)18-12-6-4-7-12/h2-3,5,8,10,12H,4,6-7,9,15H2,1H3,(H,16,17)/t10-/m0/s1. The summed E-state index contributed by atoms with van der Waals surface area (Å²) >= 11 is 0. The highest BCUT2D eigenvalue weighted by Gasteiger charge is 2.20. The predicted molar refractivity (Wildman–Crippen MR) is 70.2 cm³/mol. The number of ether oxygens (including phenoxy) is 1. The van der Waals surface area contributed by atoms with E-state index >= 15 is 0 Å². The van der Waals surface area contributed by atoms with Gasteiger partial charge in [0.05, 0.1) is 12.1 Å². The fraction of sp³-hybridized carbons (Fsp3) is 0.500. The lowest BCUT2D eigenvalue weighted by Gasteiger charge is -2.27. The molecule has 2 rings (SSSR count). The monoisotopic (exact) mass is 248 g/mol. The molecule has 1 amide bonds. The van der Waals surface area contributed by atoms with Crippen molar-refractivity contribution in [2.75, 3.05) is 0 Å². The highest BCUT2D eigenvalue weighted by molar-refractivity contribution is 5.80. The first-order valence-electron chi connectivity index (χ1n) is 6.44. The summed E-state index contributed by atoms with van der Waals surface area (Å²) in [5.41, 5.74) is 6.50. The van der Waals surface area contributed by atoms with Crippen LogP contribution >= 0.6 is 0 Å². The Hall–Kier alpha value is -1.55. The van der Waals surface area contributed by atoms with E-state index in [4.69, 9.17) is 10.5 Å². The van der Waals surface area contributed by atoms with Crippen LogP contribution in [-0.4, -0.2) is 18.1 Å². The van der Waals surface area contributed by atoms with Crippen LogP contribution in [0.1, 0.15) is 31.7 Å². The van der Waals surface area contributed by atoms with Crippen molar-refractivity contribution < 1.29 is 9.53 Å². The second-order valence-corrected chi connectivity index (χ2v) is 4.78. The Morgan fingerprint density at radius 2 is 2.22 bits per heavy atom. The summed E-state index contributed by atoms with van der Waals surface area (Å²) < 4.78 is 5.89. The molecule has 0 heterocycles. The number of nitrogens with two attached hydrogens (primary N) is 1. The van der Waals surface area contributed by atoms with E-state index in [2.05, 4.69) is 5.32 Å². The third-order valence-corrected chi connectivity index (χ3v) is 3.19. The van der Waals surface area contributed by atoms with Crippen molar-refractivity contribution in [2.45, 2.75) is 44.9 Å². The van der Waals surface area contributed by atoms with E-state index in [9.17, 15) is 4.79 Å². The van der Waals surface area contributed by atoms with E-state index in [1.807, 2.05) is 24.3 Å². The van der Waals surface area contributed by atoms with Crippen LogP contribution < -0.4 is 15.8 Å². The van der Waals surface area contributed by atoms with Gasteiger partial charge in [0.1, 0.15) is 5.75 Å². The average molecular weight is 248 g/mol. The number of para-hydroxylation sites is 1. The number of hydrogen-bond donors (Lipinski definition) is 2. The second-order valence-electron chi connectivity index (χ2n) is 4.78. The Bertz CT molecular complexity index is 414. The van der Waals surface area contributed by atoms with E-state index in [-0.39, 0.29) is 5.91 Å². The highest BCUT2D eigenvalue weighted by atomic mass is 16.5. The molecule has 0 unspecified atom stereocenters. The molecule has 1 saturated carbocycles. The van der Waals surface area contributed by atoms with Gasteiger partial charge < -0.3 is 15.8 Å². The van der Waals surface area contributed by atoms with Gasteiger partial charge in [-0.2, -0.15) is 0 Å². The van der Waals surface area contributed by atoms with Gasteiger partial charge in [-0.3, -0.25) is 4.79 Å². The van der Waals surface area contributed by atoms with Crippen LogP contribution in [0.15, 0.2) is 24.3 Å². The first kappa shape index (κ1) is 12.9. The molecule has 4 nitrogen and oxygen atoms in total. The maximum absolute atomic E-state index is 11.4. The van der Waals surface area contributed by atoms with Crippen molar-refractivity contribution in [3.05, 3.63) is 29.8 Å². The van der Waals surface area contributed by atoms with Crippen LogP contribution in [0.4, 0.5) is 0 Å². The van der Waals surface area contributed by atoms with Gasteiger partial charge in [-0.1, -0.05) is 18.2 Å². The third-order valence-electron chi connectivity index (χ3n) is 3.19. The SMILES string of the molecule is C[C@H](N)C(=O)NCc1ccccc1OC1CCC1. The van der Waals surface area contributed by atoms with Crippen LogP contribution in [0.3, 0.4) is 0 Å². The smallest absolute Gasteiger partial charge is 0.236 e. The Morgan fingerprint density at radius 3 is 2.83 bits per heavy atom. The zero-order valence-corrected chi connectivity index (χ0v) is 10.7. The largest absolute Gasteiger partial charge is 0.490 e. The van der Waals surface area contributed by atoms with Gasteiger partial charge >= 0.3 is 0 Å². The summed E-state index contributed by atoms with van der Waals surface area (Å²) in [5, 5.41) is 2.80. The number of nitrogens with one attached hydrogen (secondary N) is 1. The molecule has 1 atom stereocenters. The number of rotatable bonds is 5. The van der Waals surface area contributed by atoms with E-state index in [0.29, 0.717) is 12.6 Å². The Balaban J connectivity index is 1.95. The molecule has 0 aromatic heterocycles. The molecule has 1 aliphatic carbocycles. The van der Waals surface area contributed by atoms with E-state index in [1.165, 1.54) is 6.42 Å². The zero-order valence-electron chi connectivity index (χ0n) is 10.7. The summed E-state index contributed by atoms with van der Waals surface area (Å²) in [6.45, 7) is 2.13. The average Bonchev–Trinajstić information content (AvgIpc) is 2.31.